The second kappa shape index (κ2) is 6.34. The van der Waals surface area contributed by atoms with Gasteiger partial charge in [0, 0.05) is 31.5 Å². The molecule has 1 heterocycles. The molecule has 1 fully saturated rings. The first-order valence-corrected chi connectivity index (χ1v) is 6.82. The Morgan fingerprint density at radius 3 is 2.86 bits per heavy atom. The lowest BCUT2D eigenvalue weighted by molar-refractivity contribution is -0.385. The minimum atomic E-state index is -0.547. The summed E-state index contributed by atoms with van der Waals surface area (Å²) < 4.78 is 0. The van der Waals surface area contributed by atoms with Crippen molar-refractivity contribution in [3.05, 3.63) is 39.9 Å². The summed E-state index contributed by atoms with van der Waals surface area (Å²) in [6.45, 7) is 2.77. The van der Waals surface area contributed by atoms with Gasteiger partial charge >= 0.3 is 0 Å². The summed E-state index contributed by atoms with van der Waals surface area (Å²) in [6, 6.07) is 5.95. The Morgan fingerprint density at radius 1 is 1.52 bits per heavy atom. The molecular weight excluding hydrogens is 274 g/mol. The molecule has 1 amide bonds. The molecule has 1 unspecified atom stereocenters. The molecule has 7 heteroatoms. The van der Waals surface area contributed by atoms with Crippen molar-refractivity contribution in [3.8, 4) is 0 Å². The van der Waals surface area contributed by atoms with E-state index in [0.717, 1.165) is 6.42 Å². The van der Waals surface area contributed by atoms with Crippen LogP contribution >= 0.6 is 0 Å². The van der Waals surface area contributed by atoms with E-state index in [9.17, 15) is 14.9 Å². The summed E-state index contributed by atoms with van der Waals surface area (Å²) in [6.07, 6.45) is 1.24. The summed E-state index contributed by atoms with van der Waals surface area (Å²) >= 11 is 0. The van der Waals surface area contributed by atoms with Crippen molar-refractivity contribution in [1.82, 2.24) is 4.90 Å². The molecule has 1 aliphatic rings. The Morgan fingerprint density at radius 2 is 2.24 bits per heavy atom. The molecule has 1 aromatic rings. The maximum Gasteiger partial charge on any atom is 0.282 e. The fraction of sp³-hybridized carbons (Fsp3) is 0.429. The standard InChI is InChI=1S/C14H17N3O4/c1-2-10-9-16(8-7-12(10)15-19)14(18)11-5-3-4-6-13(11)17(20)21/h3-6,10,19H,2,7-9H2,1H3/b15-12+. The molecule has 112 valence electrons. The molecular formula is C14H17N3O4. The maximum atomic E-state index is 12.5. The van der Waals surface area contributed by atoms with Gasteiger partial charge in [-0.05, 0) is 12.5 Å². The quantitative estimate of drug-likeness (QED) is 0.525. The van der Waals surface area contributed by atoms with E-state index in [1.807, 2.05) is 6.92 Å². The predicted molar refractivity (Wildman–Crippen MR) is 76.6 cm³/mol. The highest BCUT2D eigenvalue weighted by atomic mass is 16.6. The molecule has 21 heavy (non-hydrogen) atoms. The van der Waals surface area contributed by atoms with Crippen molar-refractivity contribution in [3.63, 3.8) is 0 Å². The van der Waals surface area contributed by atoms with Crippen LogP contribution in [0.2, 0.25) is 0 Å². The SMILES string of the molecule is CCC1CN(C(=O)c2ccccc2[N+](=O)[O-])CC/C1=N\O. The Hall–Kier alpha value is -2.44. The lowest BCUT2D eigenvalue weighted by atomic mass is 9.92. The monoisotopic (exact) mass is 291 g/mol. The van der Waals surface area contributed by atoms with Crippen LogP contribution in [-0.4, -0.2) is 39.7 Å². The van der Waals surface area contributed by atoms with Crippen molar-refractivity contribution >= 4 is 17.3 Å². The van der Waals surface area contributed by atoms with Gasteiger partial charge in [0.25, 0.3) is 11.6 Å². The van der Waals surface area contributed by atoms with Crippen LogP contribution in [0.4, 0.5) is 5.69 Å². The number of carbonyl (C=O) groups is 1. The predicted octanol–water partition coefficient (Wildman–Crippen LogP) is 2.30. The molecule has 2 rings (SSSR count). The van der Waals surface area contributed by atoms with Gasteiger partial charge in [0.15, 0.2) is 0 Å². The average molecular weight is 291 g/mol. The topological polar surface area (TPSA) is 96.0 Å². The number of benzene rings is 1. The summed E-state index contributed by atoms with van der Waals surface area (Å²) in [7, 11) is 0. The lowest BCUT2D eigenvalue weighted by Gasteiger charge is -2.32. The molecule has 1 saturated heterocycles. The van der Waals surface area contributed by atoms with E-state index < -0.39 is 4.92 Å². The number of nitrogens with zero attached hydrogens (tertiary/aromatic N) is 3. The number of rotatable bonds is 3. The van der Waals surface area contributed by atoms with Crippen LogP contribution in [0.1, 0.15) is 30.1 Å². The zero-order valence-electron chi connectivity index (χ0n) is 11.7. The fourth-order valence-corrected chi connectivity index (χ4v) is 2.58. The largest absolute Gasteiger partial charge is 0.411 e. The summed E-state index contributed by atoms with van der Waals surface area (Å²) in [4.78, 5) is 24.6. The van der Waals surface area contributed by atoms with E-state index in [2.05, 4.69) is 5.16 Å². The fourth-order valence-electron chi connectivity index (χ4n) is 2.58. The number of amides is 1. The number of oxime groups is 1. The van der Waals surface area contributed by atoms with Gasteiger partial charge in [0.1, 0.15) is 5.56 Å². The van der Waals surface area contributed by atoms with Gasteiger partial charge in [-0.15, -0.1) is 0 Å². The third-order valence-corrected chi connectivity index (χ3v) is 3.79. The number of hydrogen-bond donors (Lipinski definition) is 1. The number of hydrogen-bond acceptors (Lipinski definition) is 5. The van der Waals surface area contributed by atoms with E-state index in [0.29, 0.717) is 25.2 Å². The second-order valence-electron chi connectivity index (χ2n) is 4.97. The molecule has 1 aromatic carbocycles. The van der Waals surface area contributed by atoms with Gasteiger partial charge in [-0.1, -0.05) is 24.2 Å². The van der Waals surface area contributed by atoms with Gasteiger partial charge in [-0.2, -0.15) is 0 Å². The van der Waals surface area contributed by atoms with Crippen LogP contribution in [-0.2, 0) is 0 Å². The van der Waals surface area contributed by atoms with Gasteiger partial charge < -0.3 is 10.1 Å². The Bertz CT molecular complexity index is 585. The first kappa shape index (κ1) is 15.0. The van der Waals surface area contributed by atoms with Crippen LogP contribution in [0.15, 0.2) is 29.4 Å². The molecule has 1 N–H and O–H groups in total. The molecule has 0 aromatic heterocycles. The zero-order chi connectivity index (χ0) is 15.4. The molecule has 0 bridgehead atoms. The number of carbonyl (C=O) groups excluding carboxylic acids is 1. The van der Waals surface area contributed by atoms with E-state index >= 15 is 0 Å². The van der Waals surface area contributed by atoms with E-state index in [1.165, 1.54) is 18.2 Å². The van der Waals surface area contributed by atoms with E-state index in [4.69, 9.17) is 5.21 Å². The number of nitro groups is 1. The Balaban J connectivity index is 2.24. The minimum absolute atomic E-state index is 0.00420. The highest BCUT2D eigenvalue weighted by Crippen LogP contribution is 2.23. The van der Waals surface area contributed by atoms with E-state index in [-0.39, 0.29) is 23.1 Å². The number of likely N-dealkylation sites (tertiary alicyclic amines) is 1. The summed E-state index contributed by atoms with van der Waals surface area (Å²) in [5.74, 6) is -0.354. The number of para-hydroxylation sites is 1. The first-order valence-electron chi connectivity index (χ1n) is 6.82. The zero-order valence-corrected chi connectivity index (χ0v) is 11.7. The van der Waals surface area contributed by atoms with Gasteiger partial charge in [0.05, 0.1) is 10.6 Å². The van der Waals surface area contributed by atoms with Crippen LogP contribution in [0.25, 0.3) is 0 Å². The third-order valence-electron chi connectivity index (χ3n) is 3.79. The average Bonchev–Trinajstić information content (AvgIpc) is 2.53. The van der Waals surface area contributed by atoms with Crippen molar-refractivity contribution in [1.29, 1.82) is 0 Å². The van der Waals surface area contributed by atoms with Crippen molar-refractivity contribution < 1.29 is 14.9 Å². The molecule has 0 aliphatic carbocycles. The lowest BCUT2D eigenvalue weighted by Crippen LogP contribution is -2.44. The van der Waals surface area contributed by atoms with Gasteiger partial charge in [0.2, 0.25) is 0 Å². The molecule has 0 radical (unpaired) electrons. The molecule has 7 nitrogen and oxygen atoms in total. The normalized spacial score (nSPS) is 20.5. The minimum Gasteiger partial charge on any atom is -0.411 e. The molecule has 0 spiro atoms. The van der Waals surface area contributed by atoms with Gasteiger partial charge in [-0.25, -0.2) is 0 Å². The highest BCUT2D eigenvalue weighted by Gasteiger charge is 2.31. The Labute approximate surface area is 122 Å². The van der Waals surface area contributed by atoms with Crippen LogP contribution < -0.4 is 0 Å². The van der Waals surface area contributed by atoms with Crippen molar-refractivity contribution in [2.45, 2.75) is 19.8 Å². The number of nitro benzene ring substituents is 1. The highest BCUT2D eigenvalue weighted by molar-refractivity contribution is 5.99. The van der Waals surface area contributed by atoms with Crippen molar-refractivity contribution in [2.24, 2.45) is 11.1 Å². The smallest absolute Gasteiger partial charge is 0.282 e. The third kappa shape index (κ3) is 3.01. The summed E-state index contributed by atoms with van der Waals surface area (Å²) in [5.41, 5.74) is 0.600. The summed E-state index contributed by atoms with van der Waals surface area (Å²) in [5, 5.41) is 23.2. The van der Waals surface area contributed by atoms with Crippen LogP contribution in [0.3, 0.4) is 0 Å². The van der Waals surface area contributed by atoms with E-state index in [1.54, 1.807) is 11.0 Å². The Kier molecular flexibility index (Phi) is 4.52. The first-order chi connectivity index (χ1) is 10.1. The maximum absolute atomic E-state index is 12.5. The number of piperidine rings is 1. The van der Waals surface area contributed by atoms with Crippen molar-refractivity contribution in [2.75, 3.05) is 13.1 Å². The second-order valence-corrected chi connectivity index (χ2v) is 4.97. The molecule has 1 aliphatic heterocycles. The van der Waals surface area contributed by atoms with Gasteiger partial charge in [-0.3, -0.25) is 14.9 Å². The van der Waals surface area contributed by atoms with Crippen LogP contribution in [0.5, 0.6) is 0 Å². The molecule has 1 atom stereocenters. The molecule has 0 saturated carbocycles. The van der Waals surface area contributed by atoms with Crippen LogP contribution in [0, 0.1) is 16.0 Å².